The van der Waals surface area contributed by atoms with E-state index in [1.54, 1.807) is 0 Å². The van der Waals surface area contributed by atoms with Crippen LogP contribution in [-0.4, -0.2) is 39.4 Å². The number of piperidine rings is 1. The standard InChI is InChI=1S/C15H22N2O3S/c1-21(19,20)11-8-15(18)16-13-6-5-7-14(12-13)17-9-3-2-4-10-17/h5-7,12H,2-4,8-11H2,1H3,(H,16,18). The number of nitrogens with zero attached hydrogens (tertiary/aromatic N) is 1. The second-order valence-electron chi connectivity index (χ2n) is 5.53. The Bertz CT molecular complexity index is 593. The van der Waals surface area contributed by atoms with Crippen LogP contribution >= 0.6 is 0 Å². The molecule has 1 aliphatic rings. The molecule has 1 heterocycles. The molecule has 0 radical (unpaired) electrons. The van der Waals surface area contributed by atoms with Gasteiger partial charge < -0.3 is 10.2 Å². The molecule has 0 saturated carbocycles. The van der Waals surface area contributed by atoms with Crippen LogP contribution in [0.2, 0.25) is 0 Å². The minimum absolute atomic E-state index is 0.00717. The van der Waals surface area contributed by atoms with Gasteiger partial charge in [-0.15, -0.1) is 0 Å². The molecule has 5 nitrogen and oxygen atoms in total. The average Bonchev–Trinajstić information content (AvgIpc) is 2.46. The smallest absolute Gasteiger partial charge is 0.225 e. The highest BCUT2D eigenvalue weighted by atomic mass is 32.2. The summed E-state index contributed by atoms with van der Waals surface area (Å²) in [6.07, 6.45) is 4.80. The van der Waals surface area contributed by atoms with Gasteiger partial charge in [-0.1, -0.05) is 6.07 Å². The lowest BCUT2D eigenvalue weighted by atomic mass is 10.1. The van der Waals surface area contributed by atoms with Crippen molar-refractivity contribution in [2.75, 3.05) is 35.3 Å². The Kier molecular flexibility index (Phi) is 5.22. The van der Waals surface area contributed by atoms with Gasteiger partial charge in [-0.3, -0.25) is 4.79 Å². The summed E-state index contributed by atoms with van der Waals surface area (Å²) in [6.45, 7) is 2.09. The van der Waals surface area contributed by atoms with Crippen molar-refractivity contribution in [3.8, 4) is 0 Å². The van der Waals surface area contributed by atoms with Gasteiger partial charge in [0.1, 0.15) is 9.84 Å². The molecule has 0 unspecified atom stereocenters. The number of anilines is 2. The predicted molar refractivity (Wildman–Crippen MR) is 85.5 cm³/mol. The van der Waals surface area contributed by atoms with E-state index in [0.29, 0.717) is 0 Å². The molecule has 1 aromatic rings. The summed E-state index contributed by atoms with van der Waals surface area (Å²) in [7, 11) is -3.11. The lowest BCUT2D eigenvalue weighted by Crippen LogP contribution is -2.29. The molecule has 1 amide bonds. The van der Waals surface area contributed by atoms with Crippen LogP contribution in [0.4, 0.5) is 11.4 Å². The summed E-state index contributed by atoms with van der Waals surface area (Å²) >= 11 is 0. The van der Waals surface area contributed by atoms with Crippen LogP contribution in [0, 0.1) is 0 Å². The number of nitrogens with one attached hydrogen (secondary N) is 1. The fourth-order valence-corrected chi connectivity index (χ4v) is 2.99. The number of sulfone groups is 1. The number of carbonyl (C=O) groups excluding carboxylic acids is 1. The van der Waals surface area contributed by atoms with Crippen LogP contribution in [0.1, 0.15) is 25.7 Å². The van der Waals surface area contributed by atoms with Crippen molar-refractivity contribution in [1.82, 2.24) is 0 Å². The van der Waals surface area contributed by atoms with Gasteiger partial charge >= 0.3 is 0 Å². The van der Waals surface area contributed by atoms with Crippen LogP contribution < -0.4 is 10.2 Å². The molecule has 21 heavy (non-hydrogen) atoms. The summed E-state index contributed by atoms with van der Waals surface area (Å²) in [5.74, 6) is -0.388. The van der Waals surface area contributed by atoms with Gasteiger partial charge in [0, 0.05) is 37.1 Å². The SMILES string of the molecule is CS(=O)(=O)CCC(=O)Nc1cccc(N2CCCCC2)c1. The molecule has 0 bridgehead atoms. The van der Waals surface area contributed by atoms with Gasteiger partial charge in [0.15, 0.2) is 0 Å². The fraction of sp³-hybridized carbons (Fsp3) is 0.533. The molecule has 1 saturated heterocycles. The first-order valence-electron chi connectivity index (χ1n) is 7.27. The molecule has 0 atom stereocenters. The van der Waals surface area contributed by atoms with Crippen LogP contribution in [0.3, 0.4) is 0 Å². The van der Waals surface area contributed by atoms with Gasteiger partial charge in [0.25, 0.3) is 0 Å². The number of amides is 1. The molecule has 1 N–H and O–H groups in total. The van der Waals surface area contributed by atoms with E-state index in [-0.39, 0.29) is 18.1 Å². The number of rotatable bonds is 5. The number of carbonyl (C=O) groups is 1. The zero-order valence-corrected chi connectivity index (χ0v) is 13.2. The third-order valence-corrected chi connectivity index (χ3v) is 4.50. The van der Waals surface area contributed by atoms with Crippen LogP contribution in [0.25, 0.3) is 0 Å². The number of hydrogen-bond donors (Lipinski definition) is 1. The summed E-state index contributed by atoms with van der Waals surface area (Å²) in [5, 5.41) is 2.76. The normalized spacial score (nSPS) is 15.8. The monoisotopic (exact) mass is 310 g/mol. The fourth-order valence-electron chi connectivity index (χ4n) is 2.43. The average molecular weight is 310 g/mol. The molecule has 0 aromatic heterocycles. The summed E-state index contributed by atoms with van der Waals surface area (Å²) in [5.41, 5.74) is 1.83. The maximum absolute atomic E-state index is 11.8. The molecular weight excluding hydrogens is 288 g/mol. The van der Waals surface area contributed by atoms with Crippen LogP contribution in [0.15, 0.2) is 24.3 Å². The second-order valence-corrected chi connectivity index (χ2v) is 7.79. The highest BCUT2D eigenvalue weighted by Gasteiger charge is 2.12. The largest absolute Gasteiger partial charge is 0.371 e. The second kappa shape index (κ2) is 6.93. The van der Waals surface area contributed by atoms with Crippen molar-refractivity contribution in [2.24, 2.45) is 0 Å². The van der Waals surface area contributed by atoms with Gasteiger partial charge in [0.05, 0.1) is 5.75 Å². The first-order chi connectivity index (χ1) is 9.94. The summed E-state index contributed by atoms with van der Waals surface area (Å²) < 4.78 is 22.1. The Morgan fingerprint density at radius 2 is 1.95 bits per heavy atom. The van der Waals surface area contributed by atoms with Gasteiger partial charge in [-0.2, -0.15) is 0 Å². The van der Waals surface area contributed by atoms with E-state index in [2.05, 4.69) is 10.2 Å². The molecule has 116 valence electrons. The molecule has 0 spiro atoms. The number of benzene rings is 1. The van der Waals surface area contributed by atoms with E-state index in [4.69, 9.17) is 0 Å². The highest BCUT2D eigenvalue weighted by Crippen LogP contribution is 2.23. The Morgan fingerprint density at radius 3 is 2.62 bits per heavy atom. The lowest BCUT2D eigenvalue weighted by molar-refractivity contribution is -0.115. The Morgan fingerprint density at radius 1 is 1.24 bits per heavy atom. The van der Waals surface area contributed by atoms with Crippen molar-refractivity contribution >= 4 is 27.1 Å². The maximum Gasteiger partial charge on any atom is 0.225 e. The topological polar surface area (TPSA) is 66.5 Å². The van der Waals surface area contributed by atoms with E-state index < -0.39 is 9.84 Å². The molecular formula is C15H22N2O3S. The van der Waals surface area contributed by atoms with Crippen molar-refractivity contribution in [3.63, 3.8) is 0 Å². The predicted octanol–water partition coefficient (Wildman–Crippen LogP) is 2.05. The third-order valence-electron chi connectivity index (χ3n) is 3.55. The van der Waals surface area contributed by atoms with E-state index in [1.165, 1.54) is 19.3 Å². The van der Waals surface area contributed by atoms with Crippen molar-refractivity contribution in [2.45, 2.75) is 25.7 Å². The van der Waals surface area contributed by atoms with E-state index >= 15 is 0 Å². The molecule has 0 aliphatic carbocycles. The lowest BCUT2D eigenvalue weighted by Gasteiger charge is -2.29. The molecule has 1 fully saturated rings. The Balaban J connectivity index is 1.95. The first kappa shape index (κ1) is 15.8. The van der Waals surface area contributed by atoms with Gasteiger partial charge in [-0.05, 0) is 37.5 Å². The molecule has 1 aliphatic heterocycles. The summed E-state index contributed by atoms with van der Waals surface area (Å²) in [4.78, 5) is 14.1. The van der Waals surface area contributed by atoms with Crippen LogP contribution in [-0.2, 0) is 14.6 Å². The van der Waals surface area contributed by atoms with E-state index in [9.17, 15) is 13.2 Å². The molecule has 6 heteroatoms. The minimum atomic E-state index is -3.11. The Labute approximate surface area is 126 Å². The maximum atomic E-state index is 11.8. The molecule has 1 aromatic carbocycles. The van der Waals surface area contributed by atoms with Gasteiger partial charge in [0.2, 0.25) is 5.91 Å². The van der Waals surface area contributed by atoms with Gasteiger partial charge in [-0.25, -0.2) is 8.42 Å². The Hall–Kier alpha value is -1.56. The zero-order valence-electron chi connectivity index (χ0n) is 12.3. The van der Waals surface area contributed by atoms with Crippen molar-refractivity contribution in [3.05, 3.63) is 24.3 Å². The van der Waals surface area contributed by atoms with E-state index in [0.717, 1.165) is 30.7 Å². The zero-order chi connectivity index (χ0) is 15.3. The highest BCUT2D eigenvalue weighted by molar-refractivity contribution is 7.90. The van der Waals surface area contributed by atoms with Crippen molar-refractivity contribution < 1.29 is 13.2 Å². The van der Waals surface area contributed by atoms with Crippen LogP contribution in [0.5, 0.6) is 0 Å². The summed E-state index contributed by atoms with van der Waals surface area (Å²) in [6, 6.07) is 7.73. The van der Waals surface area contributed by atoms with E-state index in [1.807, 2.05) is 24.3 Å². The third kappa shape index (κ3) is 5.38. The quantitative estimate of drug-likeness (QED) is 0.904. The van der Waals surface area contributed by atoms with Crippen molar-refractivity contribution in [1.29, 1.82) is 0 Å². The first-order valence-corrected chi connectivity index (χ1v) is 9.33. The molecule has 2 rings (SSSR count). The minimum Gasteiger partial charge on any atom is -0.371 e. The number of hydrogen-bond acceptors (Lipinski definition) is 4.